The molecule has 0 aliphatic rings. The van der Waals surface area contributed by atoms with E-state index in [-0.39, 0.29) is 6.42 Å². The van der Waals surface area contributed by atoms with Gasteiger partial charge in [-0.3, -0.25) is 4.79 Å². The molecule has 4 aromatic rings. The Hall–Kier alpha value is -3.49. The van der Waals surface area contributed by atoms with Crippen molar-refractivity contribution >= 4 is 22.8 Å². The van der Waals surface area contributed by atoms with Crippen molar-refractivity contribution in [2.45, 2.75) is 6.42 Å². The SMILES string of the molecule is COC(=O)Cc1nn(-c2ccc(OC)cc2)c2c1nnc1ccnn12. The zero-order valence-electron chi connectivity index (χ0n) is 13.6. The molecule has 0 spiro atoms. The summed E-state index contributed by atoms with van der Waals surface area (Å²) in [4.78, 5) is 11.7. The topological polar surface area (TPSA) is 96.4 Å². The Balaban J connectivity index is 1.97. The highest BCUT2D eigenvalue weighted by Crippen LogP contribution is 2.22. The number of methoxy groups -OCH3 is 2. The van der Waals surface area contributed by atoms with Crippen LogP contribution in [0, 0.1) is 0 Å². The molecule has 1 aromatic carbocycles. The number of fused-ring (bicyclic) bond motifs is 3. The molecule has 0 bridgehead atoms. The first-order chi connectivity index (χ1) is 12.2. The fraction of sp³-hybridized carbons (Fsp3) is 0.188. The molecule has 25 heavy (non-hydrogen) atoms. The minimum Gasteiger partial charge on any atom is -0.497 e. The van der Waals surface area contributed by atoms with E-state index in [0.717, 1.165) is 11.4 Å². The number of hydrogen-bond donors (Lipinski definition) is 0. The van der Waals surface area contributed by atoms with Gasteiger partial charge in [0.15, 0.2) is 16.8 Å². The molecule has 3 aromatic heterocycles. The lowest BCUT2D eigenvalue weighted by Gasteiger charge is -2.05. The summed E-state index contributed by atoms with van der Waals surface area (Å²) in [5.41, 5.74) is 2.97. The summed E-state index contributed by atoms with van der Waals surface area (Å²) >= 11 is 0. The average Bonchev–Trinajstić information content (AvgIpc) is 3.26. The predicted molar refractivity (Wildman–Crippen MR) is 87.7 cm³/mol. The summed E-state index contributed by atoms with van der Waals surface area (Å²) in [6.07, 6.45) is 1.63. The Morgan fingerprint density at radius 3 is 2.64 bits per heavy atom. The first kappa shape index (κ1) is 15.1. The fourth-order valence-electron chi connectivity index (χ4n) is 2.61. The van der Waals surface area contributed by atoms with Crippen LogP contribution in [-0.4, -0.2) is 49.8 Å². The van der Waals surface area contributed by atoms with Gasteiger partial charge < -0.3 is 9.47 Å². The van der Waals surface area contributed by atoms with E-state index in [1.165, 1.54) is 7.11 Å². The van der Waals surface area contributed by atoms with Gasteiger partial charge in [-0.2, -0.15) is 14.7 Å². The number of benzene rings is 1. The van der Waals surface area contributed by atoms with E-state index in [0.29, 0.717) is 22.5 Å². The molecule has 0 unspecified atom stereocenters. The van der Waals surface area contributed by atoms with Crippen LogP contribution in [0.2, 0.25) is 0 Å². The highest BCUT2D eigenvalue weighted by Gasteiger charge is 2.20. The molecule has 0 aliphatic heterocycles. The number of carbonyl (C=O) groups is 1. The fourth-order valence-corrected chi connectivity index (χ4v) is 2.61. The molecule has 126 valence electrons. The van der Waals surface area contributed by atoms with Crippen molar-refractivity contribution in [3.8, 4) is 11.4 Å². The first-order valence-corrected chi connectivity index (χ1v) is 7.50. The van der Waals surface area contributed by atoms with Crippen LogP contribution in [0.3, 0.4) is 0 Å². The van der Waals surface area contributed by atoms with Gasteiger partial charge in [-0.15, -0.1) is 10.2 Å². The minimum absolute atomic E-state index is 0.00237. The monoisotopic (exact) mass is 338 g/mol. The Labute approximate surface area is 141 Å². The van der Waals surface area contributed by atoms with Crippen LogP contribution in [0.4, 0.5) is 0 Å². The molecule has 0 atom stereocenters. The van der Waals surface area contributed by atoms with Crippen LogP contribution in [0.15, 0.2) is 36.5 Å². The third-order valence-electron chi connectivity index (χ3n) is 3.84. The van der Waals surface area contributed by atoms with Gasteiger partial charge in [-0.05, 0) is 24.3 Å². The predicted octanol–water partition coefficient (Wildman–Crippen LogP) is 1.19. The van der Waals surface area contributed by atoms with Crippen LogP contribution in [0.1, 0.15) is 5.69 Å². The van der Waals surface area contributed by atoms with Crippen molar-refractivity contribution in [3.63, 3.8) is 0 Å². The van der Waals surface area contributed by atoms with Crippen LogP contribution in [-0.2, 0) is 16.0 Å². The lowest BCUT2D eigenvalue weighted by atomic mass is 10.3. The van der Waals surface area contributed by atoms with E-state index in [2.05, 4.69) is 20.4 Å². The molecule has 0 amide bonds. The Kier molecular flexibility index (Phi) is 3.53. The summed E-state index contributed by atoms with van der Waals surface area (Å²) < 4.78 is 13.3. The Morgan fingerprint density at radius 2 is 1.92 bits per heavy atom. The quantitative estimate of drug-likeness (QED) is 0.516. The number of carbonyl (C=O) groups excluding carboxylic acids is 1. The van der Waals surface area contributed by atoms with Gasteiger partial charge in [0.05, 0.1) is 32.5 Å². The normalized spacial score (nSPS) is 11.1. The second-order valence-corrected chi connectivity index (χ2v) is 5.28. The summed E-state index contributed by atoms with van der Waals surface area (Å²) in [6.45, 7) is 0. The second-order valence-electron chi connectivity index (χ2n) is 5.28. The molecule has 0 saturated carbocycles. The number of aromatic nitrogens is 6. The molecule has 3 heterocycles. The Bertz CT molecular complexity index is 1070. The van der Waals surface area contributed by atoms with Gasteiger partial charge in [-0.1, -0.05) is 0 Å². The molecular weight excluding hydrogens is 324 g/mol. The van der Waals surface area contributed by atoms with Gasteiger partial charge in [0.2, 0.25) is 0 Å². The van der Waals surface area contributed by atoms with Crippen molar-refractivity contribution in [2.24, 2.45) is 0 Å². The molecule has 0 saturated heterocycles. The summed E-state index contributed by atoms with van der Waals surface area (Å²) in [6, 6.07) is 9.14. The molecule has 9 heteroatoms. The summed E-state index contributed by atoms with van der Waals surface area (Å²) in [5.74, 6) is 0.336. The van der Waals surface area contributed by atoms with Crippen molar-refractivity contribution in [1.82, 2.24) is 29.6 Å². The maximum Gasteiger partial charge on any atom is 0.311 e. The van der Waals surface area contributed by atoms with E-state index in [9.17, 15) is 4.79 Å². The number of nitrogens with zero attached hydrogens (tertiary/aromatic N) is 6. The van der Waals surface area contributed by atoms with E-state index >= 15 is 0 Å². The molecule has 9 nitrogen and oxygen atoms in total. The zero-order chi connectivity index (χ0) is 17.4. The number of rotatable bonds is 4. The van der Waals surface area contributed by atoms with E-state index in [1.807, 2.05) is 24.3 Å². The third kappa shape index (κ3) is 2.45. The van der Waals surface area contributed by atoms with Gasteiger partial charge in [0.1, 0.15) is 11.4 Å². The van der Waals surface area contributed by atoms with Crippen molar-refractivity contribution in [1.29, 1.82) is 0 Å². The maximum absolute atomic E-state index is 11.7. The van der Waals surface area contributed by atoms with Gasteiger partial charge >= 0.3 is 5.97 Å². The van der Waals surface area contributed by atoms with Crippen molar-refractivity contribution in [2.75, 3.05) is 14.2 Å². The van der Waals surface area contributed by atoms with Gasteiger partial charge in [-0.25, -0.2) is 4.68 Å². The number of ether oxygens (including phenoxy) is 2. The Morgan fingerprint density at radius 1 is 1.12 bits per heavy atom. The van der Waals surface area contributed by atoms with Crippen LogP contribution < -0.4 is 4.74 Å². The maximum atomic E-state index is 11.7. The van der Waals surface area contributed by atoms with Gasteiger partial charge in [0, 0.05) is 6.07 Å². The second kappa shape index (κ2) is 5.86. The smallest absolute Gasteiger partial charge is 0.311 e. The standard InChI is InChI=1S/C16H14N6O3/c1-24-11-5-3-10(4-6-11)21-16-15(12(20-21)9-14(23)25-2)19-18-13-7-8-17-22(13)16/h3-8H,9H2,1-2H3. The van der Waals surface area contributed by atoms with Crippen LogP contribution in [0.5, 0.6) is 5.75 Å². The lowest BCUT2D eigenvalue weighted by Crippen LogP contribution is -2.06. The summed E-state index contributed by atoms with van der Waals surface area (Å²) in [7, 11) is 2.94. The third-order valence-corrected chi connectivity index (χ3v) is 3.84. The van der Waals surface area contributed by atoms with Crippen molar-refractivity contribution in [3.05, 3.63) is 42.2 Å². The average molecular weight is 338 g/mol. The van der Waals surface area contributed by atoms with E-state index < -0.39 is 5.97 Å². The number of hydrogen-bond acceptors (Lipinski definition) is 7. The zero-order valence-corrected chi connectivity index (χ0v) is 13.6. The van der Waals surface area contributed by atoms with Crippen LogP contribution >= 0.6 is 0 Å². The number of esters is 1. The van der Waals surface area contributed by atoms with Crippen LogP contribution in [0.25, 0.3) is 22.5 Å². The molecular formula is C16H14N6O3. The molecule has 0 N–H and O–H groups in total. The lowest BCUT2D eigenvalue weighted by molar-refractivity contribution is -0.139. The molecule has 0 radical (unpaired) electrons. The molecule has 4 rings (SSSR count). The molecule has 0 aliphatic carbocycles. The first-order valence-electron chi connectivity index (χ1n) is 7.50. The van der Waals surface area contributed by atoms with Gasteiger partial charge in [0.25, 0.3) is 0 Å². The highest BCUT2D eigenvalue weighted by atomic mass is 16.5. The summed E-state index contributed by atoms with van der Waals surface area (Å²) in [5, 5.41) is 17.2. The highest BCUT2D eigenvalue weighted by molar-refractivity contribution is 5.82. The van der Waals surface area contributed by atoms with E-state index in [4.69, 9.17) is 9.47 Å². The van der Waals surface area contributed by atoms with Crippen molar-refractivity contribution < 1.29 is 14.3 Å². The largest absolute Gasteiger partial charge is 0.497 e. The van der Waals surface area contributed by atoms with E-state index in [1.54, 1.807) is 28.6 Å². The minimum atomic E-state index is -0.399. The molecule has 0 fully saturated rings.